The summed E-state index contributed by atoms with van der Waals surface area (Å²) in [6.07, 6.45) is 0.740. The van der Waals surface area contributed by atoms with Crippen molar-refractivity contribution < 1.29 is 14.3 Å². The van der Waals surface area contributed by atoms with Gasteiger partial charge in [0.25, 0.3) is 5.91 Å². The second kappa shape index (κ2) is 8.06. The van der Waals surface area contributed by atoms with Crippen molar-refractivity contribution in [1.82, 2.24) is 4.90 Å². The van der Waals surface area contributed by atoms with Gasteiger partial charge in [0.1, 0.15) is 11.8 Å². The van der Waals surface area contributed by atoms with Crippen LogP contribution in [0.15, 0.2) is 60.7 Å². The molecule has 1 amide bonds. The topological polar surface area (TPSA) is 38.8 Å². The summed E-state index contributed by atoms with van der Waals surface area (Å²) in [5.74, 6) is -0.0251. The predicted octanol–water partition coefficient (Wildman–Crippen LogP) is 4.23. The van der Waals surface area contributed by atoms with E-state index in [4.69, 9.17) is 9.47 Å². The standard InChI is InChI=1S/C24H31NO3/c1-23(2)21(17-19-14-10-7-11-15-19)25(24(3,4)28-23)22(26)20(27-5)16-18-12-8-6-9-13-18/h6-15,20-21H,16-17H2,1-5H3/t20-,21+/m1/s1. The first-order chi connectivity index (χ1) is 13.2. The van der Waals surface area contributed by atoms with E-state index >= 15 is 0 Å². The maximum absolute atomic E-state index is 13.6. The number of methoxy groups -OCH3 is 1. The lowest BCUT2D eigenvalue weighted by Crippen LogP contribution is -2.54. The molecule has 4 nitrogen and oxygen atoms in total. The van der Waals surface area contributed by atoms with Crippen LogP contribution in [-0.2, 0) is 27.1 Å². The van der Waals surface area contributed by atoms with Crippen LogP contribution in [0.5, 0.6) is 0 Å². The fourth-order valence-electron chi connectivity index (χ4n) is 4.30. The molecule has 0 saturated carbocycles. The zero-order valence-corrected chi connectivity index (χ0v) is 17.5. The molecule has 0 aliphatic carbocycles. The first kappa shape index (κ1) is 20.6. The van der Waals surface area contributed by atoms with Crippen LogP contribution < -0.4 is 0 Å². The molecule has 1 aliphatic rings. The van der Waals surface area contributed by atoms with Crippen LogP contribution in [-0.4, -0.2) is 41.4 Å². The van der Waals surface area contributed by atoms with E-state index in [-0.39, 0.29) is 11.9 Å². The van der Waals surface area contributed by atoms with Gasteiger partial charge in [0.2, 0.25) is 0 Å². The lowest BCUT2D eigenvalue weighted by Gasteiger charge is -2.36. The lowest BCUT2D eigenvalue weighted by molar-refractivity contribution is -0.159. The van der Waals surface area contributed by atoms with Gasteiger partial charge in [0.05, 0.1) is 11.6 Å². The molecule has 0 bridgehead atoms. The van der Waals surface area contributed by atoms with Gasteiger partial charge in [-0.15, -0.1) is 0 Å². The van der Waals surface area contributed by atoms with Gasteiger partial charge in [-0.2, -0.15) is 0 Å². The molecule has 4 heteroatoms. The van der Waals surface area contributed by atoms with Crippen molar-refractivity contribution in [1.29, 1.82) is 0 Å². The third-order valence-electron chi connectivity index (χ3n) is 5.54. The average molecular weight is 382 g/mol. The van der Waals surface area contributed by atoms with Crippen LogP contribution >= 0.6 is 0 Å². The van der Waals surface area contributed by atoms with Gasteiger partial charge in [0.15, 0.2) is 0 Å². The predicted molar refractivity (Wildman–Crippen MR) is 111 cm³/mol. The van der Waals surface area contributed by atoms with Gasteiger partial charge in [-0.3, -0.25) is 4.79 Å². The highest BCUT2D eigenvalue weighted by Gasteiger charge is 2.54. The molecule has 3 rings (SSSR count). The molecule has 0 aromatic heterocycles. The van der Waals surface area contributed by atoms with E-state index in [0.29, 0.717) is 6.42 Å². The van der Waals surface area contributed by atoms with Crippen molar-refractivity contribution in [3.05, 3.63) is 71.8 Å². The molecule has 28 heavy (non-hydrogen) atoms. The second-order valence-electron chi connectivity index (χ2n) is 8.48. The van der Waals surface area contributed by atoms with Gasteiger partial charge in [-0.1, -0.05) is 60.7 Å². The molecule has 2 atom stereocenters. The molecule has 0 radical (unpaired) electrons. The fourth-order valence-corrected chi connectivity index (χ4v) is 4.30. The highest BCUT2D eigenvalue weighted by Crippen LogP contribution is 2.41. The minimum atomic E-state index is -0.701. The van der Waals surface area contributed by atoms with Gasteiger partial charge in [-0.25, -0.2) is 0 Å². The summed E-state index contributed by atoms with van der Waals surface area (Å²) in [6, 6.07) is 20.2. The van der Waals surface area contributed by atoms with E-state index in [1.54, 1.807) is 7.11 Å². The van der Waals surface area contributed by atoms with Crippen LogP contribution in [0.25, 0.3) is 0 Å². The summed E-state index contributed by atoms with van der Waals surface area (Å²) in [7, 11) is 1.60. The zero-order chi connectivity index (χ0) is 20.4. The van der Waals surface area contributed by atoms with E-state index in [0.717, 1.165) is 12.0 Å². The highest BCUT2D eigenvalue weighted by molar-refractivity contribution is 5.82. The minimum Gasteiger partial charge on any atom is -0.371 e. The summed E-state index contributed by atoms with van der Waals surface area (Å²) >= 11 is 0. The molecule has 0 unspecified atom stereocenters. The molecule has 1 saturated heterocycles. The first-order valence-corrected chi connectivity index (χ1v) is 9.88. The van der Waals surface area contributed by atoms with Crippen molar-refractivity contribution in [2.45, 2.75) is 64.0 Å². The Kier molecular flexibility index (Phi) is 5.92. The molecule has 2 aromatic rings. The number of carbonyl (C=O) groups is 1. The molecule has 0 N–H and O–H groups in total. The number of rotatable bonds is 6. The number of benzene rings is 2. The highest BCUT2D eigenvalue weighted by atomic mass is 16.6. The van der Waals surface area contributed by atoms with Crippen molar-refractivity contribution in [2.75, 3.05) is 7.11 Å². The molecule has 150 valence electrons. The Morgan fingerprint density at radius 2 is 1.54 bits per heavy atom. The van der Waals surface area contributed by atoms with Gasteiger partial charge in [0, 0.05) is 13.5 Å². The van der Waals surface area contributed by atoms with Crippen LogP contribution in [0, 0.1) is 0 Å². The van der Waals surface area contributed by atoms with Crippen molar-refractivity contribution in [2.24, 2.45) is 0 Å². The molecule has 0 spiro atoms. The molecule has 1 heterocycles. The molecule has 1 aliphatic heterocycles. The van der Waals surface area contributed by atoms with Crippen LogP contribution in [0.3, 0.4) is 0 Å². The van der Waals surface area contributed by atoms with Crippen molar-refractivity contribution in [3.8, 4) is 0 Å². The van der Waals surface area contributed by atoms with Crippen LogP contribution in [0.1, 0.15) is 38.8 Å². The Balaban J connectivity index is 1.89. The number of hydrogen-bond donors (Lipinski definition) is 0. The molecule has 1 fully saturated rings. The average Bonchev–Trinajstić information content (AvgIpc) is 2.84. The van der Waals surface area contributed by atoms with E-state index in [2.05, 4.69) is 26.0 Å². The minimum absolute atomic E-state index is 0.0251. The summed E-state index contributed by atoms with van der Waals surface area (Å²) in [6.45, 7) is 8.06. The molecular formula is C24H31NO3. The van der Waals surface area contributed by atoms with Crippen molar-refractivity contribution in [3.63, 3.8) is 0 Å². The number of amides is 1. The van der Waals surface area contributed by atoms with E-state index in [1.165, 1.54) is 5.56 Å². The van der Waals surface area contributed by atoms with Crippen molar-refractivity contribution >= 4 is 5.91 Å². The fraction of sp³-hybridized carbons (Fsp3) is 0.458. The quantitative estimate of drug-likeness (QED) is 0.752. The molecular weight excluding hydrogens is 350 g/mol. The Hall–Kier alpha value is -2.17. The van der Waals surface area contributed by atoms with Crippen LogP contribution in [0.4, 0.5) is 0 Å². The molecule has 2 aromatic carbocycles. The van der Waals surface area contributed by atoms with Gasteiger partial charge >= 0.3 is 0 Å². The van der Waals surface area contributed by atoms with E-state index in [1.807, 2.05) is 67.3 Å². The number of carbonyl (C=O) groups excluding carboxylic acids is 1. The maximum atomic E-state index is 13.6. The second-order valence-corrected chi connectivity index (χ2v) is 8.48. The zero-order valence-electron chi connectivity index (χ0n) is 17.5. The summed E-state index contributed by atoms with van der Waals surface area (Å²) < 4.78 is 12.0. The number of hydrogen-bond acceptors (Lipinski definition) is 3. The third-order valence-corrected chi connectivity index (χ3v) is 5.54. The van der Waals surface area contributed by atoms with Gasteiger partial charge < -0.3 is 14.4 Å². The largest absolute Gasteiger partial charge is 0.371 e. The Bertz CT molecular complexity index is 786. The maximum Gasteiger partial charge on any atom is 0.254 e. The summed E-state index contributed by atoms with van der Waals surface area (Å²) in [4.78, 5) is 15.5. The van der Waals surface area contributed by atoms with E-state index < -0.39 is 17.4 Å². The lowest BCUT2D eigenvalue weighted by atomic mass is 9.91. The monoisotopic (exact) mass is 381 g/mol. The number of ether oxygens (including phenoxy) is 2. The Morgan fingerprint density at radius 1 is 1.00 bits per heavy atom. The third kappa shape index (κ3) is 4.29. The summed E-state index contributed by atoms with van der Waals surface area (Å²) in [5.41, 5.74) is 1.12. The smallest absolute Gasteiger partial charge is 0.254 e. The normalized spacial score (nSPS) is 21.5. The van der Waals surface area contributed by atoms with Gasteiger partial charge in [-0.05, 0) is 45.2 Å². The van der Waals surface area contributed by atoms with Crippen LogP contribution in [0.2, 0.25) is 0 Å². The first-order valence-electron chi connectivity index (χ1n) is 9.88. The Morgan fingerprint density at radius 3 is 2.07 bits per heavy atom. The summed E-state index contributed by atoms with van der Waals surface area (Å²) in [5, 5.41) is 0. The van der Waals surface area contributed by atoms with E-state index in [9.17, 15) is 4.79 Å². The number of nitrogens with zero attached hydrogens (tertiary/aromatic N) is 1. The SMILES string of the molecule is CO[C@H](Cc1ccccc1)C(=O)N1[C@@H](Cc2ccccc2)C(C)(C)OC1(C)C. The Labute approximate surface area is 168 Å².